The van der Waals surface area contributed by atoms with Crippen LogP contribution in [0.25, 0.3) is 0 Å². The SMILES string of the molecule is CCN(C(=O)CN1C(=O)NC(C)(C2CC2)C1=O)c1cc(C)ccc1C. The van der Waals surface area contributed by atoms with Crippen LogP contribution in [0.3, 0.4) is 0 Å². The molecule has 2 aliphatic rings. The van der Waals surface area contributed by atoms with E-state index in [2.05, 4.69) is 5.32 Å². The zero-order chi connectivity index (χ0) is 18.4. The minimum absolute atomic E-state index is 0.186. The maximum atomic E-state index is 12.8. The molecule has 6 nitrogen and oxygen atoms in total. The molecule has 0 bridgehead atoms. The maximum Gasteiger partial charge on any atom is 0.325 e. The lowest BCUT2D eigenvalue weighted by Gasteiger charge is -2.26. The maximum absolute atomic E-state index is 12.8. The number of aryl methyl sites for hydroxylation is 2. The van der Waals surface area contributed by atoms with Gasteiger partial charge in [0.2, 0.25) is 5.91 Å². The second-order valence-electron chi connectivity index (χ2n) is 7.23. The van der Waals surface area contributed by atoms with Crippen LogP contribution in [0.1, 0.15) is 37.8 Å². The number of amides is 4. The Morgan fingerprint density at radius 1 is 1.32 bits per heavy atom. The Balaban J connectivity index is 1.79. The lowest BCUT2D eigenvalue weighted by Crippen LogP contribution is -2.47. The van der Waals surface area contributed by atoms with Gasteiger partial charge in [0.05, 0.1) is 0 Å². The van der Waals surface area contributed by atoms with Crippen molar-refractivity contribution in [3.63, 3.8) is 0 Å². The number of carbonyl (C=O) groups is 3. The van der Waals surface area contributed by atoms with Crippen LogP contribution in [0.15, 0.2) is 18.2 Å². The molecule has 1 unspecified atom stereocenters. The number of nitrogens with zero attached hydrogens (tertiary/aromatic N) is 2. The molecule has 1 N–H and O–H groups in total. The second kappa shape index (κ2) is 6.17. The van der Waals surface area contributed by atoms with Gasteiger partial charge in [0.15, 0.2) is 0 Å². The van der Waals surface area contributed by atoms with Gasteiger partial charge in [0, 0.05) is 12.2 Å². The third-order valence-electron chi connectivity index (χ3n) is 5.26. The van der Waals surface area contributed by atoms with E-state index in [1.807, 2.05) is 39.0 Å². The lowest BCUT2D eigenvalue weighted by atomic mass is 9.96. The molecule has 4 amide bonds. The van der Waals surface area contributed by atoms with Crippen LogP contribution >= 0.6 is 0 Å². The predicted molar refractivity (Wildman–Crippen MR) is 95.3 cm³/mol. The van der Waals surface area contributed by atoms with E-state index in [9.17, 15) is 14.4 Å². The van der Waals surface area contributed by atoms with Crippen molar-refractivity contribution in [2.75, 3.05) is 18.0 Å². The molecule has 25 heavy (non-hydrogen) atoms. The molecule has 134 valence electrons. The third kappa shape index (κ3) is 3.01. The molecule has 0 spiro atoms. The predicted octanol–water partition coefficient (Wildman–Crippen LogP) is 2.38. The quantitative estimate of drug-likeness (QED) is 0.835. The van der Waals surface area contributed by atoms with Crippen LogP contribution in [0.4, 0.5) is 10.5 Å². The van der Waals surface area contributed by atoms with Crippen molar-refractivity contribution in [2.45, 2.75) is 46.1 Å². The van der Waals surface area contributed by atoms with Crippen LogP contribution in [0.2, 0.25) is 0 Å². The van der Waals surface area contributed by atoms with Gasteiger partial charge >= 0.3 is 6.03 Å². The molecule has 1 heterocycles. The highest BCUT2D eigenvalue weighted by Gasteiger charge is 2.56. The van der Waals surface area contributed by atoms with Crippen molar-refractivity contribution in [3.05, 3.63) is 29.3 Å². The summed E-state index contributed by atoms with van der Waals surface area (Å²) in [5.74, 6) is -0.351. The van der Waals surface area contributed by atoms with Crippen molar-refractivity contribution in [1.82, 2.24) is 10.2 Å². The first-order chi connectivity index (χ1) is 11.8. The third-order valence-corrected chi connectivity index (χ3v) is 5.26. The molecule has 1 aliphatic carbocycles. The number of imide groups is 1. The van der Waals surface area contributed by atoms with Gasteiger partial charge in [-0.1, -0.05) is 12.1 Å². The van der Waals surface area contributed by atoms with Crippen molar-refractivity contribution in [3.8, 4) is 0 Å². The minimum atomic E-state index is -0.854. The zero-order valence-electron chi connectivity index (χ0n) is 15.3. The largest absolute Gasteiger partial charge is 0.325 e. The summed E-state index contributed by atoms with van der Waals surface area (Å²) in [7, 11) is 0. The van der Waals surface area contributed by atoms with Crippen LogP contribution in [-0.2, 0) is 9.59 Å². The number of hydrogen-bond acceptors (Lipinski definition) is 3. The summed E-state index contributed by atoms with van der Waals surface area (Å²) in [6, 6.07) is 5.45. The van der Waals surface area contributed by atoms with Gasteiger partial charge in [0.1, 0.15) is 12.1 Å². The first-order valence-electron chi connectivity index (χ1n) is 8.79. The summed E-state index contributed by atoms with van der Waals surface area (Å²) < 4.78 is 0. The van der Waals surface area contributed by atoms with Gasteiger partial charge < -0.3 is 10.2 Å². The fourth-order valence-corrected chi connectivity index (χ4v) is 3.51. The molecule has 0 radical (unpaired) electrons. The lowest BCUT2D eigenvalue weighted by molar-refractivity contribution is -0.134. The normalized spacial score (nSPS) is 23.0. The minimum Gasteiger partial charge on any atom is -0.323 e. The highest BCUT2D eigenvalue weighted by molar-refractivity contribution is 6.10. The smallest absolute Gasteiger partial charge is 0.323 e. The van der Waals surface area contributed by atoms with Gasteiger partial charge in [-0.15, -0.1) is 0 Å². The van der Waals surface area contributed by atoms with E-state index in [0.717, 1.165) is 34.6 Å². The Morgan fingerprint density at radius 2 is 2.00 bits per heavy atom. The number of urea groups is 1. The highest BCUT2D eigenvalue weighted by atomic mass is 16.2. The summed E-state index contributed by atoms with van der Waals surface area (Å²) in [6.07, 6.45) is 1.88. The Labute approximate surface area is 148 Å². The second-order valence-corrected chi connectivity index (χ2v) is 7.23. The summed E-state index contributed by atoms with van der Waals surface area (Å²) in [5, 5.41) is 2.78. The first-order valence-corrected chi connectivity index (χ1v) is 8.79. The van der Waals surface area contributed by atoms with Crippen LogP contribution < -0.4 is 10.2 Å². The number of nitrogens with one attached hydrogen (secondary N) is 1. The Kier molecular flexibility index (Phi) is 4.31. The summed E-state index contributed by atoms with van der Waals surface area (Å²) in [5.41, 5.74) is 2.02. The molecule has 6 heteroatoms. The first kappa shape index (κ1) is 17.5. The van der Waals surface area contributed by atoms with Crippen molar-refractivity contribution in [2.24, 2.45) is 5.92 Å². The molecule has 1 aromatic rings. The van der Waals surface area contributed by atoms with E-state index in [1.54, 1.807) is 11.8 Å². The van der Waals surface area contributed by atoms with Crippen LogP contribution in [0, 0.1) is 19.8 Å². The van der Waals surface area contributed by atoms with E-state index >= 15 is 0 Å². The molecule has 1 aliphatic heterocycles. The topological polar surface area (TPSA) is 69.7 Å². The fourth-order valence-electron chi connectivity index (χ4n) is 3.51. The number of rotatable bonds is 5. The summed E-state index contributed by atoms with van der Waals surface area (Å²) in [6.45, 7) is 7.82. The molecule has 1 saturated heterocycles. The standard InChI is InChI=1S/C19H25N3O3/c1-5-21(15-10-12(2)6-7-13(15)3)16(23)11-22-17(24)19(4,14-8-9-14)20-18(22)25/h6-7,10,14H,5,8-9,11H2,1-4H3,(H,20,25). The van der Waals surface area contributed by atoms with E-state index in [-0.39, 0.29) is 24.3 Å². The van der Waals surface area contributed by atoms with Crippen molar-refractivity contribution in [1.29, 1.82) is 0 Å². The molecule has 2 fully saturated rings. The summed E-state index contributed by atoms with van der Waals surface area (Å²) >= 11 is 0. The Hall–Kier alpha value is -2.37. The Bertz CT molecular complexity index is 741. The summed E-state index contributed by atoms with van der Waals surface area (Å²) in [4.78, 5) is 40.5. The number of hydrogen-bond donors (Lipinski definition) is 1. The van der Waals surface area contributed by atoms with Crippen LogP contribution in [0.5, 0.6) is 0 Å². The van der Waals surface area contributed by atoms with Gasteiger partial charge in [-0.25, -0.2) is 4.79 Å². The number of carbonyl (C=O) groups excluding carboxylic acids is 3. The average Bonchev–Trinajstić information content (AvgIpc) is 3.38. The van der Waals surface area contributed by atoms with E-state index < -0.39 is 11.6 Å². The number of anilines is 1. The molecule has 3 rings (SSSR count). The molecular formula is C19H25N3O3. The molecule has 0 aromatic heterocycles. The molecule has 1 saturated carbocycles. The molecule has 1 atom stereocenters. The number of benzene rings is 1. The van der Waals surface area contributed by atoms with E-state index in [1.165, 1.54) is 0 Å². The van der Waals surface area contributed by atoms with Crippen LogP contribution in [-0.4, -0.2) is 41.4 Å². The van der Waals surface area contributed by atoms with Gasteiger partial charge in [0.25, 0.3) is 5.91 Å². The highest BCUT2D eigenvalue weighted by Crippen LogP contribution is 2.42. The monoisotopic (exact) mass is 343 g/mol. The fraction of sp³-hybridized carbons (Fsp3) is 0.526. The van der Waals surface area contributed by atoms with E-state index in [0.29, 0.717) is 6.54 Å². The molecular weight excluding hydrogens is 318 g/mol. The number of likely N-dealkylation sites (N-methyl/N-ethyl adjacent to an activating group) is 1. The van der Waals surface area contributed by atoms with Gasteiger partial charge in [-0.3, -0.25) is 14.5 Å². The van der Waals surface area contributed by atoms with E-state index in [4.69, 9.17) is 0 Å². The zero-order valence-corrected chi connectivity index (χ0v) is 15.3. The van der Waals surface area contributed by atoms with Crippen molar-refractivity contribution < 1.29 is 14.4 Å². The van der Waals surface area contributed by atoms with Gasteiger partial charge in [-0.05, 0) is 63.6 Å². The van der Waals surface area contributed by atoms with Crippen molar-refractivity contribution >= 4 is 23.5 Å². The molecule has 1 aromatic carbocycles. The average molecular weight is 343 g/mol. The Morgan fingerprint density at radius 3 is 2.60 bits per heavy atom. The van der Waals surface area contributed by atoms with Gasteiger partial charge in [-0.2, -0.15) is 0 Å².